The zero-order valence-electron chi connectivity index (χ0n) is 12.4. The standard InChI is InChI=1S/C17H28/c1-12(2)8-9-16-14(4)11-17(6,7)10-13(3)15(16)5/h8-9,13-14H,1,10-11H2,2-7H3/b9-8-. The fraction of sp³-hybridized carbons (Fsp3) is 0.647. The van der Waals surface area contributed by atoms with E-state index >= 15 is 0 Å². The van der Waals surface area contributed by atoms with Crippen molar-refractivity contribution in [3.8, 4) is 0 Å². The molecular formula is C17H28. The first-order valence-electron chi connectivity index (χ1n) is 6.77. The van der Waals surface area contributed by atoms with Crippen molar-refractivity contribution in [1.82, 2.24) is 0 Å². The van der Waals surface area contributed by atoms with Crippen LogP contribution in [0.2, 0.25) is 0 Å². The van der Waals surface area contributed by atoms with Crippen LogP contribution >= 0.6 is 0 Å². The maximum atomic E-state index is 3.95. The second-order valence-electron chi connectivity index (χ2n) is 6.69. The molecule has 0 aromatic carbocycles. The third kappa shape index (κ3) is 3.87. The minimum Gasteiger partial charge on any atom is -0.0961 e. The molecule has 0 aromatic rings. The molecule has 0 heterocycles. The zero-order valence-corrected chi connectivity index (χ0v) is 12.4. The van der Waals surface area contributed by atoms with E-state index in [1.165, 1.54) is 18.4 Å². The molecule has 1 aliphatic carbocycles. The van der Waals surface area contributed by atoms with Crippen LogP contribution in [0.25, 0.3) is 0 Å². The summed E-state index contributed by atoms with van der Waals surface area (Å²) in [6.07, 6.45) is 7.03. The van der Waals surface area contributed by atoms with Gasteiger partial charge in [0.15, 0.2) is 0 Å². The van der Waals surface area contributed by atoms with E-state index in [1.54, 1.807) is 5.57 Å². The Labute approximate surface area is 108 Å². The van der Waals surface area contributed by atoms with Gasteiger partial charge in [-0.15, -0.1) is 0 Å². The molecular weight excluding hydrogens is 204 g/mol. The van der Waals surface area contributed by atoms with E-state index in [1.807, 2.05) is 0 Å². The Hall–Kier alpha value is -0.780. The van der Waals surface area contributed by atoms with Gasteiger partial charge in [-0.2, -0.15) is 0 Å². The number of hydrogen-bond donors (Lipinski definition) is 0. The number of hydrogen-bond acceptors (Lipinski definition) is 0. The molecule has 2 unspecified atom stereocenters. The van der Waals surface area contributed by atoms with Gasteiger partial charge in [0.2, 0.25) is 0 Å². The van der Waals surface area contributed by atoms with Crippen molar-refractivity contribution in [2.45, 2.75) is 54.4 Å². The molecule has 2 atom stereocenters. The normalized spacial score (nSPS) is 29.5. The van der Waals surface area contributed by atoms with E-state index in [9.17, 15) is 0 Å². The second-order valence-corrected chi connectivity index (χ2v) is 6.69. The van der Waals surface area contributed by atoms with Crippen molar-refractivity contribution in [1.29, 1.82) is 0 Å². The third-order valence-electron chi connectivity index (χ3n) is 3.99. The molecule has 0 N–H and O–H groups in total. The Kier molecular flexibility index (Phi) is 4.41. The minimum atomic E-state index is 0.457. The molecule has 0 aromatic heterocycles. The number of allylic oxidation sites excluding steroid dienone is 5. The van der Waals surface area contributed by atoms with Crippen molar-refractivity contribution in [3.05, 3.63) is 35.5 Å². The van der Waals surface area contributed by atoms with Gasteiger partial charge in [-0.25, -0.2) is 0 Å². The highest BCUT2D eigenvalue weighted by atomic mass is 14.3. The first kappa shape index (κ1) is 14.3. The van der Waals surface area contributed by atoms with E-state index in [-0.39, 0.29) is 0 Å². The summed E-state index contributed by atoms with van der Waals surface area (Å²) in [6.45, 7) is 17.8. The molecule has 0 aliphatic heterocycles. The predicted octanol–water partition coefficient (Wildman–Crippen LogP) is 5.53. The Bertz CT molecular complexity index is 352. The smallest absolute Gasteiger partial charge is 0.0186 e. The number of rotatable bonds is 2. The van der Waals surface area contributed by atoms with E-state index in [0.717, 1.165) is 5.57 Å². The quantitative estimate of drug-likeness (QED) is 0.549. The molecule has 0 bridgehead atoms. The third-order valence-corrected chi connectivity index (χ3v) is 3.99. The Morgan fingerprint density at radius 3 is 2.29 bits per heavy atom. The van der Waals surface area contributed by atoms with Crippen molar-refractivity contribution in [2.75, 3.05) is 0 Å². The summed E-state index contributed by atoms with van der Waals surface area (Å²) in [5.41, 5.74) is 4.69. The van der Waals surface area contributed by atoms with E-state index in [4.69, 9.17) is 0 Å². The summed E-state index contributed by atoms with van der Waals surface area (Å²) in [5, 5.41) is 0. The van der Waals surface area contributed by atoms with Crippen molar-refractivity contribution in [3.63, 3.8) is 0 Å². The van der Waals surface area contributed by atoms with Gasteiger partial charge in [-0.1, -0.05) is 57.6 Å². The summed E-state index contributed by atoms with van der Waals surface area (Å²) in [7, 11) is 0. The molecule has 1 aliphatic rings. The lowest BCUT2D eigenvalue weighted by Gasteiger charge is -2.27. The average molecular weight is 232 g/mol. The topological polar surface area (TPSA) is 0 Å². The van der Waals surface area contributed by atoms with Crippen LogP contribution in [-0.2, 0) is 0 Å². The first-order valence-corrected chi connectivity index (χ1v) is 6.77. The van der Waals surface area contributed by atoms with Crippen molar-refractivity contribution < 1.29 is 0 Å². The maximum absolute atomic E-state index is 3.95. The Morgan fingerprint density at radius 2 is 1.76 bits per heavy atom. The first-order chi connectivity index (χ1) is 7.73. The lowest BCUT2D eigenvalue weighted by Crippen LogP contribution is -2.16. The molecule has 0 spiro atoms. The summed E-state index contributed by atoms with van der Waals surface area (Å²) in [5.74, 6) is 1.35. The van der Waals surface area contributed by atoms with Gasteiger partial charge in [-0.3, -0.25) is 0 Å². The van der Waals surface area contributed by atoms with Gasteiger partial charge in [0.1, 0.15) is 0 Å². The van der Waals surface area contributed by atoms with Crippen LogP contribution in [0.1, 0.15) is 54.4 Å². The van der Waals surface area contributed by atoms with E-state index < -0.39 is 0 Å². The molecule has 0 saturated carbocycles. The maximum Gasteiger partial charge on any atom is -0.0186 e. The molecule has 17 heavy (non-hydrogen) atoms. The van der Waals surface area contributed by atoms with Crippen LogP contribution in [0.5, 0.6) is 0 Å². The van der Waals surface area contributed by atoms with Crippen LogP contribution in [0.4, 0.5) is 0 Å². The zero-order chi connectivity index (χ0) is 13.2. The van der Waals surface area contributed by atoms with Crippen molar-refractivity contribution >= 4 is 0 Å². The van der Waals surface area contributed by atoms with Crippen LogP contribution in [-0.4, -0.2) is 0 Å². The summed E-state index contributed by atoms with van der Waals surface area (Å²) >= 11 is 0. The van der Waals surface area contributed by atoms with E-state index in [0.29, 0.717) is 17.3 Å². The van der Waals surface area contributed by atoms with E-state index in [2.05, 4.69) is 60.3 Å². The van der Waals surface area contributed by atoms with Gasteiger partial charge in [0.25, 0.3) is 0 Å². The highest BCUT2D eigenvalue weighted by Crippen LogP contribution is 2.42. The monoisotopic (exact) mass is 232 g/mol. The van der Waals surface area contributed by atoms with Crippen LogP contribution in [0.15, 0.2) is 35.5 Å². The molecule has 1 rings (SSSR count). The minimum absolute atomic E-state index is 0.457. The van der Waals surface area contributed by atoms with Gasteiger partial charge < -0.3 is 0 Å². The lowest BCUT2D eigenvalue weighted by atomic mass is 9.78. The summed E-state index contributed by atoms with van der Waals surface area (Å²) in [6, 6.07) is 0. The fourth-order valence-electron chi connectivity index (χ4n) is 3.21. The van der Waals surface area contributed by atoms with Crippen molar-refractivity contribution in [2.24, 2.45) is 17.3 Å². The van der Waals surface area contributed by atoms with Gasteiger partial charge in [-0.05, 0) is 49.5 Å². The van der Waals surface area contributed by atoms with Gasteiger partial charge >= 0.3 is 0 Å². The fourth-order valence-corrected chi connectivity index (χ4v) is 3.21. The highest BCUT2D eigenvalue weighted by Gasteiger charge is 2.30. The SMILES string of the molecule is C=C(C)/C=C\C1=C(C)C(C)CC(C)(C)CC1C. The van der Waals surface area contributed by atoms with Gasteiger partial charge in [0.05, 0.1) is 0 Å². The molecule has 0 saturated heterocycles. The van der Waals surface area contributed by atoms with Gasteiger partial charge in [0, 0.05) is 0 Å². The molecule has 0 amide bonds. The molecule has 0 nitrogen and oxygen atoms in total. The largest absolute Gasteiger partial charge is 0.0961 e. The highest BCUT2D eigenvalue weighted by molar-refractivity contribution is 5.33. The summed E-state index contributed by atoms with van der Waals surface area (Å²) in [4.78, 5) is 0. The van der Waals surface area contributed by atoms with Crippen LogP contribution < -0.4 is 0 Å². The lowest BCUT2D eigenvalue weighted by molar-refractivity contribution is 0.259. The average Bonchev–Trinajstić information content (AvgIpc) is 2.20. The second kappa shape index (κ2) is 5.25. The molecule has 0 radical (unpaired) electrons. The molecule has 0 heteroatoms. The predicted molar refractivity (Wildman–Crippen MR) is 78.0 cm³/mol. The van der Waals surface area contributed by atoms with Crippen LogP contribution in [0, 0.1) is 17.3 Å². The molecule has 96 valence electrons. The van der Waals surface area contributed by atoms with Crippen LogP contribution in [0.3, 0.4) is 0 Å². The Morgan fingerprint density at radius 1 is 1.24 bits per heavy atom. The Balaban J connectivity index is 3.06. The summed E-state index contributed by atoms with van der Waals surface area (Å²) < 4.78 is 0. The molecule has 0 fully saturated rings.